The first-order chi connectivity index (χ1) is 15.8. The fourth-order valence-corrected chi connectivity index (χ4v) is 4.25. The molecule has 0 saturated heterocycles. The van der Waals surface area contributed by atoms with Crippen LogP contribution in [0.2, 0.25) is 5.02 Å². The van der Waals surface area contributed by atoms with Gasteiger partial charge in [-0.05, 0) is 44.2 Å². The normalized spacial score (nSPS) is 14.2. The molecule has 0 radical (unpaired) electrons. The minimum atomic E-state index is -1.01. The fraction of sp³-hybridized carbons (Fsp3) is 0.160. The Bertz CT molecular complexity index is 1440. The van der Waals surface area contributed by atoms with Crippen LogP contribution in [0.5, 0.6) is 0 Å². The molecule has 1 aliphatic rings. The highest BCUT2D eigenvalue weighted by Crippen LogP contribution is 2.45. The second kappa shape index (κ2) is 7.61. The molecule has 0 spiro atoms. The maximum absolute atomic E-state index is 15.3. The van der Waals surface area contributed by atoms with Crippen molar-refractivity contribution in [3.63, 3.8) is 0 Å². The van der Waals surface area contributed by atoms with Crippen LogP contribution in [0.15, 0.2) is 60.9 Å². The van der Waals surface area contributed by atoms with Crippen molar-refractivity contribution >= 4 is 29.1 Å². The van der Waals surface area contributed by atoms with Crippen molar-refractivity contribution in [2.24, 2.45) is 7.05 Å². The number of aromatic nitrogens is 4. The highest BCUT2D eigenvalue weighted by atomic mass is 35.5. The molecule has 33 heavy (non-hydrogen) atoms. The molecule has 1 amide bonds. The summed E-state index contributed by atoms with van der Waals surface area (Å²) < 4.78 is 18.8. The highest BCUT2D eigenvalue weighted by Gasteiger charge is 2.48. The molecule has 0 unspecified atom stereocenters. The van der Waals surface area contributed by atoms with Gasteiger partial charge in [0.15, 0.2) is 0 Å². The standard InChI is InChI=1S/C25H19ClFN5O/c1-25(2)23(33)31(24-28-15-21(32(24)25)20-11-12-30(3)29-20)22-18(26)13-17(14-19(22)27)10-9-16-7-5-4-6-8-16/h4-8,11-15H,1-3H3. The van der Waals surface area contributed by atoms with E-state index in [4.69, 9.17) is 11.6 Å². The first kappa shape index (κ1) is 21.0. The summed E-state index contributed by atoms with van der Waals surface area (Å²) in [7, 11) is 1.81. The Morgan fingerprint density at radius 3 is 2.45 bits per heavy atom. The van der Waals surface area contributed by atoms with E-state index in [2.05, 4.69) is 21.9 Å². The third-order valence-corrected chi connectivity index (χ3v) is 5.86. The molecule has 164 valence electrons. The number of fused-ring (bicyclic) bond motifs is 1. The smallest absolute Gasteiger partial charge is 0.259 e. The Kier molecular flexibility index (Phi) is 4.84. The number of halogens is 2. The average molecular weight is 460 g/mol. The molecule has 0 fully saturated rings. The van der Waals surface area contributed by atoms with Gasteiger partial charge in [0, 0.05) is 24.4 Å². The maximum atomic E-state index is 15.3. The third-order valence-electron chi connectivity index (χ3n) is 5.57. The number of carbonyl (C=O) groups is 1. The molecule has 0 saturated carbocycles. The van der Waals surface area contributed by atoms with Gasteiger partial charge in [-0.25, -0.2) is 14.3 Å². The number of rotatable bonds is 2. The number of anilines is 2. The molecule has 8 heteroatoms. The monoisotopic (exact) mass is 459 g/mol. The van der Waals surface area contributed by atoms with E-state index in [-0.39, 0.29) is 22.6 Å². The van der Waals surface area contributed by atoms with Gasteiger partial charge in [0.05, 0.1) is 16.9 Å². The summed E-state index contributed by atoms with van der Waals surface area (Å²) in [6.45, 7) is 3.52. The molecule has 2 aromatic carbocycles. The number of carbonyl (C=O) groups excluding carboxylic acids is 1. The summed E-state index contributed by atoms with van der Waals surface area (Å²) >= 11 is 6.49. The molecule has 2 aromatic heterocycles. The van der Waals surface area contributed by atoms with Crippen molar-refractivity contribution in [1.82, 2.24) is 19.3 Å². The first-order valence-corrected chi connectivity index (χ1v) is 10.6. The highest BCUT2D eigenvalue weighted by molar-refractivity contribution is 6.34. The predicted octanol–water partition coefficient (Wildman–Crippen LogP) is 4.89. The lowest BCUT2D eigenvalue weighted by Crippen LogP contribution is -2.36. The van der Waals surface area contributed by atoms with Gasteiger partial charge in [-0.3, -0.25) is 14.0 Å². The maximum Gasteiger partial charge on any atom is 0.259 e. The molecule has 0 bridgehead atoms. The van der Waals surface area contributed by atoms with Crippen LogP contribution < -0.4 is 4.90 Å². The molecule has 4 aromatic rings. The molecular weight excluding hydrogens is 441 g/mol. The van der Waals surface area contributed by atoms with Gasteiger partial charge in [0.25, 0.3) is 5.91 Å². The summed E-state index contributed by atoms with van der Waals surface area (Å²) in [5, 5.41) is 4.50. The van der Waals surface area contributed by atoms with Gasteiger partial charge < -0.3 is 0 Å². The van der Waals surface area contributed by atoms with Crippen molar-refractivity contribution in [1.29, 1.82) is 0 Å². The number of hydrogen-bond acceptors (Lipinski definition) is 3. The van der Waals surface area contributed by atoms with Crippen LogP contribution in [0.25, 0.3) is 11.4 Å². The molecule has 6 nitrogen and oxygen atoms in total. The summed E-state index contributed by atoms with van der Waals surface area (Å²) in [5.41, 5.74) is 1.48. The minimum Gasteiger partial charge on any atom is -0.293 e. The molecule has 0 atom stereocenters. The topological polar surface area (TPSA) is 56.0 Å². The van der Waals surface area contributed by atoms with Gasteiger partial charge in [-0.1, -0.05) is 41.6 Å². The number of benzene rings is 2. The molecular formula is C25H19ClFN5O. The lowest BCUT2D eigenvalue weighted by atomic mass is 10.0. The van der Waals surface area contributed by atoms with Crippen molar-refractivity contribution < 1.29 is 9.18 Å². The number of amides is 1. The largest absolute Gasteiger partial charge is 0.293 e. The van der Waals surface area contributed by atoms with Gasteiger partial charge in [0.1, 0.15) is 22.7 Å². The average Bonchev–Trinajstić information content (AvgIpc) is 3.45. The predicted molar refractivity (Wildman–Crippen MR) is 125 cm³/mol. The van der Waals surface area contributed by atoms with E-state index in [9.17, 15) is 4.79 Å². The number of aryl methyl sites for hydroxylation is 1. The Hall–Kier alpha value is -3.89. The lowest BCUT2D eigenvalue weighted by Gasteiger charge is -2.21. The van der Waals surface area contributed by atoms with Crippen LogP contribution in [-0.2, 0) is 17.4 Å². The Balaban J connectivity index is 1.59. The first-order valence-electron chi connectivity index (χ1n) is 10.3. The van der Waals surface area contributed by atoms with Gasteiger partial charge in [0.2, 0.25) is 5.95 Å². The van der Waals surface area contributed by atoms with Gasteiger partial charge in [-0.2, -0.15) is 5.10 Å². The molecule has 0 N–H and O–H groups in total. The molecule has 5 rings (SSSR count). The van der Waals surface area contributed by atoms with Crippen LogP contribution in [0.4, 0.5) is 16.0 Å². The fourth-order valence-electron chi connectivity index (χ4n) is 3.96. The molecule has 1 aliphatic heterocycles. The zero-order valence-electron chi connectivity index (χ0n) is 18.2. The van der Waals surface area contributed by atoms with Crippen molar-refractivity contribution in [3.8, 4) is 23.2 Å². The molecule has 0 aliphatic carbocycles. The quantitative estimate of drug-likeness (QED) is 0.401. The minimum absolute atomic E-state index is 0.0445. The lowest BCUT2D eigenvalue weighted by molar-refractivity contribution is -0.123. The summed E-state index contributed by atoms with van der Waals surface area (Å²) in [6, 6.07) is 14.1. The summed E-state index contributed by atoms with van der Waals surface area (Å²) in [6.07, 6.45) is 3.44. The SMILES string of the molecule is Cn1ccc(-c2cnc3n2C(C)(C)C(=O)N3c2c(F)cc(C#Cc3ccccc3)cc2Cl)n1. The third kappa shape index (κ3) is 3.40. The van der Waals surface area contributed by atoms with E-state index >= 15 is 4.39 Å². The van der Waals surface area contributed by atoms with E-state index in [1.165, 1.54) is 11.0 Å². The van der Waals surface area contributed by atoms with Gasteiger partial charge in [-0.15, -0.1) is 0 Å². The van der Waals surface area contributed by atoms with Crippen LogP contribution in [0.1, 0.15) is 25.0 Å². The second-order valence-corrected chi connectivity index (χ2v) is 8.66. The van der Waals surface area contributed by atoms with Crippen LogP contribution in [0.3, 0.4) is 0 Å². The number of imidazole rings is 1. The zero-order chi connectivity index (χ0) is 23.3. The van der Waals surface area contributed by atoms with Crippen LogP contribution >= 0.6 is 11.6 Å². The van der Waals surface area contributed by atoms with Gasteiger partial charge >= 0.3 is 0 Å². The summed E-state index contributed by atoms with van der Waals surface area (Å²) in [4.78, 5) is 19.1. The van der Waals surface area contributed by atoms with Crippen molar-refractivity contribution in [2.75, 3.05) is 4.90 Å². The number of hydrogen-bond donors (Lipinski definition) is 0. The summed E-state index contributed by atoms with van der Waals surface area (Å²) in [5.74, 6) is 5.20. The van der Waals surface area contributed by atoms with E-state index in [0.29, 0.717) is 17.0 Å². The Morgan fingerprint density at radius 1 is 1.06 bits per heavy atom. The Morgan fingerprint density at radius 2 is 1.79 bits per heavy atom. The Labute approximate surface area is 195 Å². The van der Waals surface area contributed by atoms with E-state index in [1.807, 2.05) is 49.6 Å². The van der Waals surface area contributed by atoms with E-state index in [0.717, 1.165) is 5.56 Å². The van der Waals surface area contributed by atoms with Crippen molar-refractivity contribution in [2.45, 2.75) is 19.4 Å². The van der Waals surface area contributed by atoms with Crippen LogP contribution in [0, 0.1) is 17.7 Å². The van der Waals surface area contributed by atoms with E-state index in [1.54, 1.807) is 35.4 Å². The molecule has 3 heterocycles. The second-order valence-electron chi connectivity index (χ2n) is 8.26. The van der Waals surface area contributed by atoms with Crippen LogP contribution in [-0.4, -0.2) is 25.2 Å². The van der Waals surface area contributed by atoms with E-state index < -0.39 is 11.4 Å². The zero-order valence-corrected chi connectivity index (χ0v) is 18.9. The number of nitrogens with zero attached hydrogens (tertiary/aromatic N) is 5. The van der Waals surface area contributed by atoms with Crippen molar-refractivity contribution in [3.05, 3.63) is 82.9 Å².